The van der Waals surface area contributed by atoms with Gasteiger partial charge in [0.05, 0.1) is 5.56 Å². The predicted molar refractivity (Wildman–Crippen MR) is 86.5 cm³/mol. The maximum atomic E-state index is 12.3. The maximum absolute atomic E-state index is 12.3. The second-order valence-electron chi connectivity index (χ2n) is 5.15. The number of hydrogen-bond donors (Lipinski definition) is 2. The molecular formula is C18H19NO3. The number of amides is 1. The van der Waals surface area contributed by atoms with Gasteiger partial charge in [0, 0.05) is 11.3 Å². The Labute approximate surface area is 129 Å². The van der Waals surface area contributed by atoms with E-state index in [4.69, 9.17) is 0 Å². The first-order valence-corrected chi connectivity index (χ1v) is 7.26. The van der Waals surface area contributed by atoms with Gasteiger partial charge in [0.25, 0.3) is 5.91 Å². The van der Waals surface area contributed by atoms with E-state index >= 15 is 0 Å². The average Bonchev–Trinajstić information content (AvgIpc) is 2.51. The quantitative estimate of drug-likeness (QED) is 0.879. The van der Waals surface area contributed by atoms with Crippen LogP contribution in [0, 0.1) is 6.92 Å². The molecule has 2 N–H and O–H groups in total. The van der Waals surface area contributed by atoms with Crippen molar-refractivity contribution >= 4 is 17.6 Å². The summed E-state index contributed by atoms with van der Waals surface area (Å²) in [6, 6.07) is 12.3. The highest BCUT2D eigenvalue weighted by Crippen LogP contribution is 2.26. The van der Waals surface area contributed by atoms with Crippen LogP contribution in [-0.2, 0) is 6.42 Å². The number of carbonyl (C=O) groups excluding carboxylic acids is 1. The summed E-state index contributed by atoms with van der Waals surface area (Å²) in [5.41, 5.74) is 2.90. The Morgan fingerprint density at radius 1 is 1.09 bits per heavy atom. The number of aryl methyl sites for hydroxylation is 1. The fourth-order valence-corrected chi connectivity index (χ4v) is 2.43. The van der Waals surface area contributed by atoms with Crippen LogP contribution < -0.4 is 5.32 Å². The Morgan fingerprint density at radius 2 is 1.77 bits per heavy atom. The third-order valence-electron chi connectivity index (χ3n) is 3.58. The first-order valence-electron chi connectivity index (χ1n) is 7.26. The molecule has 114 valence electrons. The van der Waals surface area contributed by atoms with Gasteiger partial charge < -0.3 is 10.4 Å². The Balaban J connectivity index is 2.41. The SMILES string of the molecule is CCCc1ccc(C(=O)O)c(C)c1NC(=O)c1ccccc1. The van der Waals surface area contributed by atoms with Crippen molar-refractivity contribution in [1.29, 1.82) is 0 Å². The molecule has 2 aromatic carbocycles. The van der Waals surface area contributed by atoms with Crippen LogP contribution in [0.3, 0.4) is 0 Å². The Morgan fingerprint density at radius 3 is 2.36 bits per heavy atom. The van der Waals surface area contributed by atoms with Crippen molar-refractivity contribution in [2.45, 2.75) is 26.7 Å². The van der Waals surface area contributed by atoms with Crippen molar-refractivity contribution < 1.29 is 14.7 Å². The molecule has 0 saturated heterocycles. The number of rotatable bonds is 5. The lowest BCUT2D eigenvalue weighted by atomic mass is 9.98. The van der Waals surface area contributed by atoms with Crippen LogP contribution in [0.2, 0.25) is 0 Å². The molecule has 0 fully saturated rings. The van der Waals surface area contributed by atoms with Gasteiger partial charge in [-0.05, 0) is 42.7 Å². The van der Waals surface area contributed by atoms with Crippen LogP contribution in [0.25, 0.3) is 0 Å². The fraction of sp³-hybridized carbons (Fsp3) is 0.222. The zero-order valence-electron chi connectivity index (χ0n) is 12.7. The van der Waals surface area contributed by atoms with Crippen LogP contribution >= 0.6 is 0 Å². The second-order valence-corrected chi connectivity index (χ2v) is 5.15. The molecule has 0 unspecified atom stereocenters. The van der Waals surface area contributed by atoms with Crippen LogP contribution in [0.5, 0.6) is 0 Å². The molecule has 2 aromatic rings. The van der Waals surface area contributed by atoms with E-state index in [9.17, 15) is 14.7 Å². The van der Waals surface area contributed by atoms with Gasteiger partial charge in [-0.1, -0.05) is 37.6 Å². The zero-order valence-corrected chi connectivity index (χ0v) is 12.7. The zero-order chi connectivity index (χ0) is 16.1. The van der Waals surface area contributed by atoms with E-state index in [-0.39, 0.29) is 11.5 Å². The number of aromatic carboxylic acids is 1. The van der Waals surface area contributed by atoms with Gasteiger partial charge >= 0.3 is 5.97 Å². The number of carboxylic acid groups (broad SMARTS) is 1. The molecule has 4 heteroatoms. The third kappa shape index (κ3) is 3.34. The smallest absolute Gasteiger partial charge is 0.336 e. The number of hydrogen-bond acceptors (Lipinski definition) is 2. The van der Waals surface area contributed by atoms with Crippen LogP contribution in [0.4, 0.5) is 5.69 Å². The van der Waals surface area contributed by atoms with E-state index in [1.165, 1.54) is 0 Å². The molecule has 0 atom stereocenters. The van der Waals surface area contributed by atoms with E-state index in [0.717, 1.165) is 18.4 Å². The van der Waals surface area contributed by atoms with E-state index < -0.39 is 5.97 Å². The standard InChI is InChI=1S/C18H19NO3/c1-3-7-13-10-11-15(18(21)22)12(2)16(13)19-17(20)14-8-5-4-6-9-14/h4-6,8-11H,3,7H2,1-2H3,(H,19,20)(H,21,22). The number of carbonyl (C=O) groups is 2. The average molecular weight is 297 g/mol. The van der Waals surface area contributed by atoms with Crippen molar-refractivity contribution in [1.82, 2.24) is 0 Å². The van der Waals surface area contributed by atoms with Gasteiger partial charge in [0.1, 0.15) is 0 Å². The third-order valence-corrected chi connectivity index (χ3v) is 3.58. The van der Waals surface area contributed by atoms with Crippen molar-refractivity contribution in [3.8, 4) is 0 Å². The first-order chi connectivity index (χ1) is 10.5. The summed E-state index contributed by atoms with van der Waals surface area (Å²) in [5, 5.41) is 12.1. The lowest BCUT2D eigenvalue weighted by Gasteiger charge is -2.15. The molecule has 4 nitrogen and oxygen atoms in total. The highest BCUT2D eigenvalue weighted by atomic mass is 16.4. The minimum atomic E-state index is -0.990. The molecule has 0 radical (unpaired) electrons. The predicted octanol–water partition coefficient (Wildman–Crippen LogP) is 3.90. The Hall–Kier alpha value is -2.62. The molecule has 0 bridgehead atoms. The highest BCUT2D eigenvalue weighted by molar-refractivity contribution is 6.06. The summed E-state index contributed by atoms with van der Waals surface area (Å²) in [7, 11) is 0. The van der Waals surface area contributed by atoms with Crippen molar-refractivity contribution in [3.63, 3.8) is 0 Å². The molecule has 1 amide bonds. The minimum absolute atomic E-state index is 0.211. The van der Waals surface area contributed by atoms with Crippen LogP contribution in [0.1, 0.15) is 45.2 Å². The van der Waals surface area contributed by atoms with Gasteiger partial charge in [-0.3, -0.25) is 4.79 Å². The molecule has 0 aromatic heterocycles. The van der Waals surface area contributed by atoms with Crippen LogP contribution in [0.15, 0.2) is 42.5 Å². The van der Waals surface area contributed by atoms with Gasteiger partial charge in [0.2, 0.25) is 0 Å². The molecule has 0 aliphatic heterocycles. The van der Waals surface area contributed by atoms with E-state index in [0.29, 0.717) is 16.8 Å². The lowest BCUT2D eigenvalue weighted by Crippen LogP contribution is -2.16. The Kier molecular flexibility index (Phi) is 4.94. The summed E-state index contributed by atoms with van der Waals surface area (Å²) < 4.78 is 0. The van der Waals surface area contributed by atoms with Crippen molar-refractivity contribution in [2.24, 2.45) is 0 Å². The molecule has 0 aliphatic carbocycles. The summed E-state index contributed by atoms with van der Waals surface area (Å²) >= 11 is 0. The number of nitrogens with one attached hydrogen (secondary N) is 1. The Bertz CT molecular complexity index is 693. The molecule has 0 aliphatic rings. The van der Waals surface area contributed by atoms with Crippen molar-refractivity contribution in [2.75, 3.05) is 5.32 Å². The second kappa shape index (κ2) is 6.89. The monoisotopic (exact) mass is 297 g/mol. The molecular weight excluding hydrogens is 278 g/mol. The van der Waals surface area contributed by atoms with Crippen LogP contribution in [-0.4, -0.2) is 17.0 Å². The number of benzene rings is 2. The first kappa shape index (κ1) is 15.8. The van der Waals surface area contributed by atoms with E-state index in [1.807, 2.05) is 13.0 Å². The summed E-state index contributed by atoms with van der Waals surface area (Å²) in [4.78, 5) is 23.6. The summed E-state index contributed by atoms with van der Waals surface area (Å²) in [6.45, 7) is 3.77. The summed E-state index contributed by atoms with van der Waals surface area (Å²) in [6.07, 6.45) is 1.70. The van der Waals surface area contributed by atoms with E-state index in [2.05, 4.69) is 5.32 Å². The number of carboxylic acids is 1. The molecule has 0 saturated carbocycles. The molecule has 0 heterocycles. The fourth-order valence-electron chi connectivity index (χ4n) is 2.43. The van der Waals surface area contributed by atoms with Gasteiger partial charge in [-0.2, -0.15) is 0 Å². The number of anilines is 1. The molecule has 2 rings (SSSR count). The molecule has 22 heavy (non-hydrogen) atoms. The van der Waals surface area contributed by atoms with Gasteiger partial charge in [0.15, 0.2) is 0 Å². The van der Waals surface area contributed by atoms with Gasteiger partial charge in [-0.25, -0.2) is 4.79 Å². The lowest BCUT2D eigenvalue weighted by molar-refractivity contribution is 0.0695. The maximum Gasteiger partial charge on any atom is 0.336 e. The highest BCUT2D eigenvalue weighted by Gasteiger charge is 2.16. The van der Waals surface area contributed by atoms with E-state index in [1.54, 1.807) is 43.3 Å². The molecule has 0 spiro atoms. The normalized spacial score (nSPS) is 10.3. The van der Waals surface area contributed by atoms with Gasteiger partial charge in [-0.15, -0.1) is 0 Å². The van der Waals surface area contributed by atoms with Crippen molar-refractivity contribution in [3.05, 3.63) is 64.7 Å². The summed E-state index contributed by atoms with van der Waals surface area (Å²) in [5.74, 6) is -1.22. The minimum Gasteiger partial charge on any atom is -0.478 e. The largest absolute Gasteiger partial charge is 0.478 e. The topological polar surface area (TPSA) is 66.4 Å².